The summed E-state index contributed by atoms with van der Waals surface area (Å²) in [6.45, 7) is 1.44. The summed E-state index contributed by atoms with van der Waals surface area (Å²) >= 11 is 0. The fourth-order valence-electron chi connectivity index (χ4n) is 3.53. The maximum Gasteiger partial charge on any atom is 0.257 e. The Labute approximate surface area is 151 Å². The van der Waals surface area contributed by atoms with Crippen molar-refractivity contribution >= 4 is 5.91 Å². The van der Waals surface area contributed by atoms with Crippen molar-refractivity contribution in [2.24, 2.45) is 0 Å². The first kappa shape index (κ1) is 16.4. The molecule has 7 nitrogen and oxygen atoms in total. The Balaban J connectivity index is 1.58. The Hall–Kier alpha value is -3.09. The zero-order chi connectivity index (χ0) is 17.9. The maximum absolute atomic E-state index is 13.1. The molecule has 2 N–H and O–H groups in total. The average molecular weight is 351 g/mol. The third-order valence-electron chi connectivity index (χ3n) is 4.90. The first-order valence-electron chi connectivity index (χ1n) is 8.72. The molecule has 1 fully saturated rings. The van der Waals surface area contributed by atoms with E-state index in [1.807, 2.05) is 35.2 Å². The van der Waals surface area contributed by atoms with Crippen LogP contribution in [-0.4, -0.2) is 51.4 Å². The lowest BCUT2D eigenvalue weighted by atomic mass is 9.94. The van der Waals surface area contributed by atoms with Crippen molar-refractivity contribution in [3.05, 3.63) is 54.0 Å². The van der Waals surface area contributed by atoms with Gasteiger partial charge >= 0.3 is 0 Å². The summed E-state index contributed by atoms with van der Waals surface area (Å²) in [6.07, 6.45) is 5.39. The molecule has 3 heterocycles. The molecule has 7 heteroatoms. The summed E-state index contributed by atoms with van der Waals surface area (Å²) in [5.74, 6) is 1.04. The third-order valence-corrected chi connectivity index (χ3v) is 4.90. The number of amides is 1. The molecule has 134 valence electrons. The number of H-pyrrole nitrogens is 2. The number of benzene rings is 1. The van der Waals surface area contributed by atoms with Gasteiger partial charge in [0.25, 0.3) is 5.91 Å². The second-order valence-corrected chi connectivity index (χ2v) is 6.49. The number of rotatable bonds is 4. The summed E-state index contributed by atoms with van der Waals surface area (Å²) in [5, 5.41) is 14.1. The highest BCUT2D eigenvalue weighted by atomic mass is 16.5. The highest BCUT2D eigenvalue weighted by Gasteiger charge is 2.28. The van der Waals surface area contributed by atoms with Gasteiger partial charge in [-0.1, -0.05) is 12.1 Å². The van der Waals surface area contributed by atoms with Crippen LogP contribution in [0.4, 0.5) is 0 Å². The molecule has 1 aliphatic heterocycles. The maximum atomic E-state index is 13.1. The summed E-state index contributed by atoms with van der Waals surface area (Å²) in [4.78, 5) is 15.0. The standard InChI is InChI=1S/C19H21N5O2/c1-26-15-6-2-4-13(10-15)18-16(11-21-23-18)19(25)24-9-3-5-14(12-24)17-7-8-20-22-17/h2,4,6-8,10-11,14H,3,5,9,12H2,1H3,(H,20,22)(H,21,23). The predicted octanol–water partition coefficient (Wildman–Crippen LogP) is 2.83. The smallest absolute Gasteiger partial charge is 0.257 e. The lowest BCUT2D eigenvalue weighted by molar-refractivity contribution is 0.0706. The van der Waals surface area contributed by atoms with Crippen molar-refractivity contribution in [1.29, 1.82) is 0 Å². The van der Waals surface area contributed by atoms with E-state index in [1.165, 1.54) is 0 Å². The topological polar surface area (TPSA) is 86.9 Å². The Morgan fingerprint density at radius 2 is 2.19 bits per heavy atom. The number of nitrogens with zero attached hydrogens (tertiary/aromatic N) is 3. The van der Waals surface area contributed by atoms with Gasteiger partial charge in [0.05, 0.1) is 24.6 Å². The van der Waals surface area contributed by atoms with Crippen LogP contribution in [0.1, 0.15) is 34.8 Å². The van der Waals surface area contributed by atoms with Crippen LogP contribution in [0, 0.1) is 0 Å². The number of hydrogen-bond acceptors (Lipinski definition) is 4. The van der Waals surface area contributed by atoms with Gasteiger partial charge in [-0.25, -0.2) is 0 Å². The fourth-order valence-corrected chi connectivity index (χ4v) is 3.53. The highest BCUT2D eigenvalue weighted by molar-refractivity contribution is 5.99. The van der Waals surface area contributed by atoms with E-state index in [0.29, 0.717) is 18.0 Å². The molecular formula is C19H21N5O2. The number of likely N-dealkylation sites (tertiary alicyclic amines) is 1. The number of methoxy groups -OCH3 is 1. The Morgan fingerprint density at radius 3 is 3.00 bits per heavy atom. The molecule has 1 amide bonds. The second kappa shape index (κ2) is 7.03. The molecule has 0 saturated carbocycles. The number of aromatic amines is 2. The van der Waals surface area contributed by atoms with Crippen LogP contribution in [0.15, 0.2) is 42.7 Å². The molecule has 4 rings (SSSR count). The minimum atomic E-state index is 0.000727. The fraction of sp³-hybridized carbons (Fsp3) is 0.316. The molecule has 3 aromatic rings. The van der Waals surface area contributed by atoms with E-state index in [4.69, 9.17) is 4.74 Å². The second-order valence-electron chi connectivity index (χ2n) is 6.49. The molecule has 1 atom stereocenters. The Bertz CT molecular complexity index is 887. The number of carbonyl (C=O) groups is 1. The van der Waals surface area contributed by atoms with Crippen molar-refractivity contribution in [2.75, 3.05) is 20.2 Å². The van der Waals surface area contributed by atoms with Gasteiger partial charge in [-0.2, -0.15) is 10.2 Å². The van der Waals surface area contributed by atoms with E-state index < -0.39 is 0 Å². The third kappa shape index (κ3) is 3.08. The van der Waals surface area contributed by atoms with E-state index in [9.17, 15) is 4.79 Å². The van der Waals surface area contributed by atoms with Gasteiger partial charge in [-0.3, -0.25) is 15.0 Å². The van der Waals surface area contributed by atoms with Gasteiger partial charge in [0, 0.05) is 36.5 Å². The van der Waals surface area contributed by atoms with Crippen LogP contribution >= 0.6 is 0 Å². The Kier molecular flexibility index (Phi) is 4.43. The normalized spacial score (nSPS) is 17.3. The molecule has 0 radical (unpaired) electrons. The molecule has 2 aromatic heterocycles. The van der Waals surface area contributed by atoms with Crippen molar-refractivity contribution in [1.82, 2.24) is 25.3 Å². The summed E-state index contributed by atoms with van der Waals surface area (Å²) in [5.41, 5.74) is 3.27. The molecule has 26 heavy (non-hydrogen) atoms. The van der Waals surface area contributed by atoms with Crippen LogP contribution in [0.2, 0.25) is 0 Å². The molecule has 0 aliphatic carbocycles. The van der Waals surface area contributed by atoms with Gasteiger partial charge in [0.1, 0.15) is 5.75 Å². The van der Waals surface area contributed by atoms with E-state index >= 15 is 0 Å². The van der Waals surface area contributed by atoms with Crippen LogP contribution in [0.5, 0.6) is 5.75 Å². The molecule has 0 spiro atoms. The van der Waals surface area contributed by atoms with Crippen LogP contribution in [-0.2, 0) is 0 Å². The van der Waals surface area contributed by atoms with E-state index in [-0.39, 0.29) is 5.91 Å². The van der Waals surface area contributed by atoms with Gasteiger partial charge in [-0.15, -0.1) is 0 Å². The molecular weight excluding hydrogens is 330 g/mol. The number of ether oxygens (including phenoxy) is 1. The number of piperidine rings is 1. The van der Waals surface area contributed by atoms with Gasteiger partial charge < -0.3 is 9.64 Å². The molecule has 1 aromatic carbocycles. The number of aromatic nitrogens is 4. The zero-order valence-corrected chi connectivity index (χ0v) is 14.6. The van der Waals surface area contributed by atoms with Crippen LogP contribution < -0.4 is 4.74 Å². The lowest BCUT2D eigenvalue weighted by Gasteiger charge is -2.32. The summed E-state index contributed by atoms with van der Waals surface area (Å²) in [7, 11) is 1.63. The average Bonchev–Trinajstić information content (AvgIpc) is 3.39. The molecule has 1 saturated heterocycles. The van der Waals surface area contributed by atoms with E-state index in [0.717, 1.165) is 42.1 Å². The lowest BCUT2D eigenvalue weighted by Crippen LogP contribution is -2.39. The molecule has 1 aliphatic rings. The van der Waals surface area contributed by atoms with Gasteiger partial charge in [-0.05, 0) is 31.0 Å². The number of hydrogen-bond donors (Lipinski definition) is 2. The van der Waals surface area contributed by atoms with Gasteiger partial charge in [0.15, 0.2) is 0 Å². The minimum absolute atomic E-state index is 0.000727. The SMILES string of the molecule is COc1cccc(-c2[nH]ncc2C(=O)N2CCCC(c3ccn[nH]3)C2)c1. The predicted molar refractivity (Wildman–Crippen MR) is 97.0 cm³/mol. The van der Waals surface area contributed by atoms with Crippen molar-refractivity contribution in [2.45, 2.75) is 18.8 Å². The first-order valence-corrected chi connectivity index (χ1v) is 8.72. The van der Waals surface area contributed by atoms with E-state index in [1.54, 1.807) is 19.5 Å². The van der Waals surface area contributed by atoms with Gasteiger partial charge in [0.2, 0.25) is 0 Å². The van der Waals surface area contributed by atoms with E-state index in [2.05, 4.69) is 20.4 Å². The summed E-state index contributed by atoms with van der Waals surface area (Å²) < 4.78 is 5.29. The van der Waals surface area contributed by atoms with Crippen molar-refractivity contribution in [3.8, 4) is 17.0 Å². The molecule has 1 unspecified atom stereocenters. The zero-order valence-electron chi connectivity index (χ0n) is 14.6. The quantitative estimate of drug-likeness (QED) is 0.757. The highest BCUT2D eigenvalue weighted by Crippen LogP contribution is 2.29. The minimum Gasteiger partial charge on any atom is -0.497 e. The summed E-state index contributed by atoms with van der Waals surface area (Å²) in [6, 6.07) is 9.60. The number of nitrogens with one attached hydrogen (secondary N) is 2. The largest absolute Gasteiger partial charge is 0.497 e. The van der Waals surface area contributed by atoms with Crippen molar-refractivity contribution in [3.63, 3.8) is 0 Å². The van der Waals surface area contributed by atoms with Crippen molar-refractivity contribution < 1.29 is 9.53 Å². The number of carbonyl (C=O) groups excluding carboxylic acids is 1. The Morgan fingerprint density at radius 1 is 1.27 bits per heavy atom. The monoisotopic (exact) mass is 351 g/mol. The first-order chi connectivity index (χ1) is 12.8. The molecule has 0 bridgehead atoms. The van der Waals surface area contributed by atoms with Crippen LogP contribution in [0.25, 0.3) is 11.3 Å². The van der Waals surface area contributed by atoms with Crippen LogP contribution in [0.3, 0.4) is 0 Å².